The molecule has 0 radical (unpaired) electrons. The van der Waals surface area contributed by atoms with Gasteiger partial charge in [-0.2, -0.15) is 0 Å². The van der Waals surface area contributed by atoms with Crippen LogP contribution in [-0.2, 0) is 11.2 Å². The first-order valence-corrected chi connectivity index (χ1v) is 8.33. The minimum absolute atomic E-state index is 0.0571. The molecule has 1 unspecified atom stereocenters. The molecule has 0 spiro atoms. The summed E-state index contributed by atoms with van der Waals surface area (Å²) in [5.74, 6) is -0.178. The molecule has 2 amide bonds. The van der Waals surface area contributed by atoms with Gasteiger partial charge in [-0.25, -0.2) is 0 Å². The molecule has 0 saturated heterocycles. The van der Waals surface area contributed by atoms with Crippen LogP contribution in [0.5, 0.6) is 0 Å². The molecule has 2 aromatic carbocycles. The molecule has 0 bridgehead atoms. The zero-order valence-corrected chi connectivity index (χ0v) is 14.2. The number of benzene rings is 2. The Hall–Kier alpha value is -2.62. The second kappa shape index (κ2) is 8.87. The Morgan fingerprint density at radius 1 is 1.04 bits per heavy atom. The van der Waals surface area contributed by atoms with Crippen LogP contribution in [0.2, 0.25) is 0 Å². The molecule has 0 aliphatic rings. The van der Waals surface area contributed by atoms with Crippen molar-refractivity contribution in [2.24, 2.45) is 0 Å². The van der Waals surface area contributed by atoms with Gasteiger partial charge in [-0.1, -0.05) is 43.3 Å². The molecule has 0 heterocycles. The summed E-state index contributed by atoms with van der Waals surface area (Å²) in [6, 6.07) is 17.1. The summed E-state index contributed by atoms with van der Waals surface area (Å²) in [7, 11) is 0. The van der Waals surface area contributed by atoms with E-state index in [0.717, 1.165) is 12.0 Å². The van der Waals surface area contributed by atoms with Gasteiger partial charge in [0.05, 0.1) is 0 Å². The molecule has 126 valence electrons. The third kappa shape index (κ3) is 5.54. The molecule has 2 aromatic rings. The predicted molar refractivity (Wildman–Crippen MR) is 97.1 cm³/mol. The number of hydrogen-bond acceptors (Lipinski definition) is 2. The largest absolute Gasteiger partial charge is 0.350 e. The van der Waals surface area contributed by atoms with E-state index >= 15 is 0 Å². The smallest absolute Gasteiger partial charge is 0.251 e. The van der Waals surface area contributed by atoms with E-state index in [4.69, 9.17) is 0 Å². The Kier molecular flexibility index (Phi) is 6.55. The molecule has 0 aliphatic heterocycles. The standard InChI is InChI=1S/C20H24N2O2/c1-3-15(2)21-20(24)17-10-7-11-18(14-17)22-19(23)13-12-16-8-5-4-6-9-16/h4-11,14-15H,3,12-13H2,1-2H3,(H,21,24)(H,22,23). The summed E-state index contributed by atoms with van der Waals surface area (Å²) < 4.78 is 0. The van der Waals surface area contributed by atoms with E-state index in [2.05, 4.69) is 10.6 Å². The Balaban J connectivity index is 1.91. The number of anilines is 1. The van der Waals surface area contributed by atoms with Crippen LogP contribution >= 0.6 is 0 Å². The monoisotopic (exact) mass is 324 g/mol. The number of amides is 2. The van der Waals surface area contributed by atoms with Crippen LogP contribution in [0.4, 0.5) is 5.69 Å². The number of nitrogens with one attached hydrogen (secondary N) is 2. The summed E-state index contributed by atoms with van der Waals surface area (Å²) in [4.78, 5) is 24.2. The molecule has 0 aliphatic carbocycles. The van der Waals surface area contributed by atoms with Gasteiger partial charge < -0.3 is 10.6 Å². The third-order valence-electron chi connectivity index (χ3n) is 3.88. The van der Waals surface area contributed by atoms with E-state index in [1.54, 1.807) is 24.3 Å². The summed E-state index contributed by atoms with van der Waals surface area (Å²) in [5, 5.41) is 5.78. The maximum Gasteiger partial charge on any atom is 0.251 e. The molecule has 0 saturated carbocycles. The Morgan fingerprint density at radius 3 is 2.50 bits per heavy atom. The average Bonchev–Trinajstić information content (AvgIpc) is 2.61. The van der Waals surface area contributed by atoms with Crippen LogP contribution in [0.15, 0.2) is 54.6 Å². The third-order valence-corrected chi connectivity index (χ3v) is 3.88. The first kappa shape index (κ1) is 17.7. The lowest BCUT2D eigenvalue weighted by atomic mass is 10.1. The fourth-order valence-corrected chi connectivity index (χ4v) is 2.27. The number of hydrogen-bond donors (Lipinski definition) is 2. The Morgan fingerprint density at radius 2 is 1.79 bits per heavy atom. The van der Waals surface area contributed by atoms with Crippen LogP contribution in [-0.4, -0.2) is 17.9 Å². The fraction of sp³-hybridized carbons (Fsp3) is 0.300. The highest BCUT2D eigenvalue weighted by Crippen LogP contribution is 2.12. The van der Waals surface area contributed by atoms with Gasteiger partial charge in [0.25, 0.3) is 5.91 Å². The number of carbonyl (C=O) groups excluding carboxylic acids is 2. The zero-order chi connectivity index (χ0) is 17.4. The molecule has 0 aromatic heterocycles. The van der Waals surface area contributed by atoms with Gasteiger partial charge in [-0.05, 0) is 43.5 Å². The van der Waals surface area contributed by atoms with Crippen molar-refractivity contribution >= 4 is 17.5 Å². The van der Waals surface area contributed by atoms with Crippen molar-refractivity contribution in [2.45, 2.75) is 39.2 Å². The van der Waals surface area contributed by atoms with Crippen molar-refractivity contribution in [1.29, 1.82) is 0 Å². The minimum Gasteiger partial charge on any atom is -0.350 e. The lowest BCUT2D eigenvalue weighted by molar-refractivity contribution is -0.116. The van der Waals surface area contributed by atoms with Crippen LogP contribution in [0.25, 0.3) is 0 Å². The molecular weight excluding hydrogens is 300 g/mol. The van der Waals surface area contributed by atoms with Gasteiger partial charge in [-0.15, -0.1) is 0 Å². The van der Waals surface area contributed by atoms with E-state index in [-0.39, 0.29) is 17.9 Å². The van der Waals surface area contributed by atoms with Crippen LogP contribution in [0, 0.1) is 0 Å². The predicted octanol–water partition coefficient (Wildman–Crippen LogP) is 3.79. The highest BCUT2D eigenvalue weighted by molar-refractivity contribution is 5.97. The SMILES string of the molecule is CCC(C)NC(=O)c1cccc(NC(=O)CCc2ccccc2)c1. The molecule has 1 atom stereocenters. The maximum atomic E-state index is 12.1. The first-order valence-electron chi connectivity index (χ1n) is 8.33. The van der Waals surface area contributed by atoms with Gasteiger partial charge in [0.1, 0.15) is 0 Å². The van der Waals surface area contributed by atoms with E-state index in [1.165, 1.54) is 0 Å². The van der Waals surface area contributed by atoms with Gasteiger partial charge in [-0.3, -0.25) is 9.59 Å². The molecular formula is C20H24N2O2. The van der Waals surface area contributed by atoms with E-state index in [1.807, 2.05) is 44.2 Å². The zero-order valence-electron chi connectivity index (χ0n) is 14.2. The summed E-state index contributed by atoms with van der Waals surface area (Å²) in [5.41, 5.74) is 2.33. The van der Waals surface area contributed by atoms with Crippen LogP contribution < -0.4 is 10.6 Å². The molecule has 4 nitrogen and oxygen atoms in total. The number of aryl methyl sites for hydroxylation is 1. The van der Waals surface area contributed by atoms with Gasteiger partial charge >= 0.3 is 0 Å². The quantitative estimate of drug-likeness (QED) is 0.814. The van der Waals surface area contributed by atoms with Gasteiger partial charge in [0, 0.05) is 23.7 Å². The second-order valence-electron chi connectivity index (χ2n) is 5.90. The molecule has 0 fully saturated rings. The molecule has 4 heteroatoms. The Labute approximate surface area is 143 Å². The normalized spacial score (nSPS) is 11.6. The van der Waals surface area contributed by atoms with Crippen LogP contribution in [0.1, 0.15) is 42.6 Å². The van der Waals surface area contributed by atoms with E-state index in [0.29, 0.717) is 24.1 Å². The van der Waals surface area contributed by atoms with E-state index in [9.17, 15) is 9.59 Å². The lowest BCUT2D eigenvalue weighted by Gasteiger charge is -2.12. The molecule has 2 N–H and O–H groups in total. The summed E-state index contributed by atoms with van der Waals surface area (Å²) in [6.07, 6.45) is 1.98. The van der Waals surface area contributed by atoms with Crippen molar-refractivity contribution in [3.8, 4) is 0 Å². The maximum absolute atomic E-state index is 12.1. The van der Waals surface area contributed by atoms with E-state index < -0.39 is 0 Å². The number of rotatable bonds is 7. The van der Waals surface area contributed by atoms with Crippen LogP contribution in [0.3, 0.4) is 0 Å². The topological polar surface area (TPSA) is 58.2 Å². The molecule has 2 rings (SSSR count). The highest BCUT2D eigenvalue weighted by Gasteiger charge is 2.10. The second-order valence-corrected chi connectivity index (χ2v) is 5.90. The van der Waals surface area contributed by atoms with Gasteiger partial charge in [0.15, 0.2) is 0 Å². The Bertz CT molecular complexity index is 683. The van der Waals surface area contributed by atoms with Crippen molar-refractivity contribution in [3.63, 3.8) is 0 Å². The number of carbonyl (C=O) groups is 2. The van der Waals surface area contributed by atoms with Crippen molar-refractivity contribution in [2.75, 3.05) is 5.32 Å². The lowest BCUT2D eigenvalue weighted by Crippen LogP contribution is -2.31. The fourth-order valence-electron chi connectivity index (χ4n) is 2.27. The molecule has 24 heavy (non-hydrogen) atoms. The van der Waals surface area contributed by atoms with Crippen molar-refractivity contribution in [3.05, 3.63) is 65.7 Å². The summed E-state index contributed by atoms with van der Waals surface area (Å²) in [6.45, 7) is 3.99. The average molecular weight is 324 g/mol. The van der Waals surface area contributed by atoms with Gasteiger partial charge in [0.2, 0.25) is 5.91 Å². The first-order chi connectivity index (χ1) is 11.6. The minimum atomic E-state index is -0.121. The van der Waals surface area contributed by atoms with Crippen molar-refractivity contribution < 1.29 is 9.59 Å². The highest BCUT2D eigenvalue weighted by atomic mass is 16.2. The van der Waals surface area contributed by atoms with Crippen molar-refractivity contribution in [1.82, 2.24) is 5.32 Å². The summed E-state index contributed by atoms with van der Waals surface area (Å²) >= 11 is 0.